The molecule has 2 aromatic carbocycles. The molecule has 0 unspecified atom stereocenters. The van der Waals surface area contributed by atoms with Crippen LogP contribution in [0.25, 0.3) is 0 Å². The van der Waals surface area contributed by atoms with Crippen molar-refractivity contribution in [1.29, 1.82) is 0 Å². The predicted molar refractivity (Wildman–Crippen MR) is 94.3 cm³/mol. The molecule has 0 fully saturated rings. The molecule has 0 heterocycles. The molecular weight excluding hydrogens is 326 g/mol. The largest absolute Gasteiger partial charge is 0.478 e. The van der Waals surface area contributed by atoms with Crippen molar-refractivity contribution < 1.29 is 18.3 Å². The van der Waals surface area contributed by atoms with Crippen LogP contribution in [-0.4, -0.2) is 19.5 Å². The molecule has 0 bridgehead atoms. The Labute approximate surface area is 142 Å². The number of hydrogen-bond acceptors (Lipinski definition) is 3. The highest BCUT2D eigenvalue weighted by Gasteiger charge is 2.23. The van der Waals surface area contributed by atoms with Crippen molar-refractivity contribution in [2.45, 2.75) is 39.5 Å². The molecule has 0 amide bonds. The Hall–Kier alpha value is -2.34. The molecule has 0 aliphatic rings. The van der Waals surface area contributed by atoms with Crippen molar-refractivity contribution in [3.05, 3.63) is 57.6 Å². The van der Waals surface area contributed by atoms with Crippen LogP contribution < -0.4 is 4.72 Å². The SMILES string of the molecule is Cc1c(C)c(C)c(S(=O)(=O)Nc2ccc(C(=O)O)cc2)c(C)c1C. The van der Waals surface area contributed by atoms with Crippen molar-refractivity contribution in [3.8, 4) is 0 Å². The van der Waals surface area contributed by atoms with E-state index in [1.54, 1.807) is 13.8 Å². The number of nitrogens with one attached hydrogen (secondary N) is 1. The van der Waals surface area contributed by atoms with E-state index in [9.17, 15) is 13.2 Å². The highest BCUT2D eigenvalue weighted by Crippen LogP contribution is 2.30. The zero-order chi connectivity index (χ0) is 18.2. The summed E-state index contributed by atoms with van der Waals surface area (Å²) in [5.74, 6) is -1.05. The molecule has 128 valence electrons. The molecule has 0 aliphatic heterocycles. The van der Waals surface area contributed by atoms with Crippen LogP contribution in [0, 0.1) is 34.6 Å². The Kier molecular flexibility index (Phi) is 4.71. The van der Waals surface area contributed by atoms with Gasteiger partial charge in [0.25, 0.3) is 10.0 Å². The molecule has 24 heavy (non-hydrogen) atoms. The van der Waals surface area contributed by atoms with E-state index in [0.717, 1.165) is 27.8 Å². The minimum absolute atomic E-state index is 0.104. The number of hydrogen-bond donors (Lipinski definition) is 2. The number of carbonyl (C=O) groups is 1. The van der Waals surface area contributed by atoms with Crippen LogP contribution in [0.1, 0.15) is 38.2 Å². The first kappa shape index (κ1) is 18.0. The fourth-order valence-corrected chi connectivity index (χ4v) is 4.42. The van der Waals surface area contributed by atoms with E-state index in [1.165, 1.54) is 24.3 Å². The summed E-state index contributed by atoms with van der Waals surface area (Å²) >= 11 is 0. The summed E-state index contributed by atoms with van der Waals surface area (Å²) in [6, 6.07) is 5.62. The van der Waals surface area contributed by atoms with E-state index in [4.69, 9.17) is 5.11 Å². The Morgan fingerprint density at radius 3 is 1.67 bits per heavy atom. The van der Waals surface area contributed by atoms with Gasteiger partial charge in [-0.3, -0.25) is 4.72 Å². The molecule has 2 rings (SSSR count). The van der Waals surface area contributed by atoms with Crippen LogP contribution in [0.5, 0.6) is 0 Å². The first-order valence-electron chi connectivity index (χ1n) is 7.49. The van der Waals surface area contributed by atoms with Crippen molar-refractivity contribution in [3.63, 3.8) is 0 Å². The molecule has 0 aromatic heterocycles. The molecular formula is C18H21NO4S. The average Bonchev–Trinajstić information content (AvgIpc) is 2.51. The van der Waals surface area contributed by atoms with Gasteiger partial charge < -0.3 is 5.11 Å². The molecule has 5 nitrogen and oxygen atoms in total. The molecule has 2 N–H and O–H groups in total. The van der Waals surface area contributed by atoms with Gasteiger partial charge in [-0.25, -0.2) is 13.2 Å². The maximum absolute atomic E-state index is 12.9. The lowest BCUT2D eigenvalue weighted by molar-refractivity contribution is 0.0697. The Morgan fingerprint density at radius 2 is 1.25 bits per heavy atom. The molecule has 0 atom stereocenters. The summed E-state index contributed by atoms with van der Waals surface area (Å²) in [7, 11) is -3.77. The van der Waals surface area contributed by atoms with Crippen LogP contribution in [0.15, 0.2) is 29.2 Å². The van der Waals surface area contributed by atoms with Gasteiger partial charge >= 0.3 is 5.97 Å². The number of rotatable bonds is 4. The topological polar surface area (TPSA) is 83.5 Å². The monoisotopic (exact) mass is 347 g/mol. The molecule has 0 spiro atoms. The number of aromatic carboxylic acids is 1. The fourth-order valence-electron chi connectivity index (χ4n) is 2.76. The lowest BCUT2D eigenvalue weighted by Gasteiger charge is -2.19. The first-order chi connectivity index (χ1) is 11.1. The van der Waals surface area contributed by atoms with E-state index in [2.05, 4.69) is 4.72 Å². The maximum Gasteiger partial charge on any atom is 0.335 e. The number of sulfonamides is 1. The lowest BCUT2D eigenvalue weighted by atomic mass is 9.95. The normalized spacial score (nSPS) is 11.4. The number of carboxylic acids is 1. The maximum atomic E-state index is 12.9. The van der Waals surface area contributed by atoms with Crippen LogP contribution in [0.4, 0.5) is 5.69 Å². The number of anilines is 1. The third-order valence-electron chi connectivity index (χ3n) is 4.58. The zero-order valence-corrected chi connectivity index (χ0v) is 15.2. The molecule has 0 saturated heterocycles. The van der Waals surface area contributed by atoms with Crippen LogP contribution in [0.3, 0.4) is 0 Å². The third-order valence-corrected chi connectivity index (χ3v) is 6.24. The predicted octanol–water partition coefficient (Wildman–Crippen LogP) is 3.73. The van der Waals surface area contributed by atoms with Gasteiger partial charge in [0.1, 0.15) is 0 Å². The molecule has 6 heteroatoms. The van der Waals surface area contributed by atoms with Gasteiger partial charge in [-0.2, -0.15) is 0 Å². The summed E-state index contributed by atoms with van der Waals surface area (Å²) in [6.07, 6.45) is 0. The third kappa shape index (κ3) is 3.14. The second-order valence-electron chi connectivity index (χ2n) is 5.94. The van der Waals surface area contributed by atoms with E-state index in [0.29, 0.717) is 5.69 Å². The van der Waals surface area contributed by atoms with Crippen molar-refractivity contribution in [1.82, 2.24) is 0 Å². The Bertz CT molecular complexity index is 884. The van der Waals surface area contributed by atoms with Crippen molar-refractivity contribution in [2.75, 3.05) is 4.72 Å². The minimum atomic E-state index is -3.77. The van der Waals surface area contributed by atoms with E-state index in [-0.39, 0.29) is 10.5 Å². The van der Waals surface area contributed by atoms with Crippen molar-refractivity contribution in [2.24, 2.45) is 0 Å². The first-order valence-corrected chi connectivity index (χ1v) is 8.97. The quantitative estimate of drug-likeness (QED) is 0.883. The average molecular weight is 347 g/mol. The van der Waals surface area contributed by atoms with Gasteiger partial charge in [0.2, 0.25) is 0 Å². The summed E-state index contributed by atoms with van der Waals surface area (Å²) < 4.78 is 28.2. The van der Waals surface area contributed by atoms with Crippen LogP contribution in [0.2, 0.25) is 0 Å². The molecule has 0 radical (unpaired) electrons. The van der Waals surface area contributed by atoms with Crippen LogP contribution >= 0.6 is 0 Å². The molecule has 2 aromatic rings. The van der Waals surface area contributed by atoms with Gasteiger partial charge in [0.15, 0.2) is 0 Å². The Morgan fingerprint density at radius 1 is 0.833 bits per heavy atom. The second kappa shape index (κ2) is 6.28. The standard InChI is InChI=1S/C18H21NO4S/c1-10-11(2)13(4)17(14(5)12(10)3)24(22,23)19-16-8-6-15(7-9-16)18(20)21/h6-9,19H,1-5H3,(H,20,21). The van der Waals surface area contributed by atoms with E-state index in [1.807, 2.05) is 20.8 Å². The minimum Gasteiger partial charge on any atom is -0.478 e. The molecule has 0 aliphatic carbocycles. The van der Waals surface area contributed by atoms with E-state index >= 15 is 0 Å². The Balaban J connectivity index is 2.50. The zero-order valence-electron chi connectivity index (χ0n) is 14.4. The molecule has 0 saturated carbocycles. The van der Waals surface area contributed by atoms with Gasteiger partial charge in [-0.05, 0) is 86.7 Å². The van der Waals surface area contributed by atoms with Crippen molar-refractivity contribution >= 4 is 21.7 Å². The van der Waals surface area contributed by atoms with Gasteiger partial charge in [-0.1, -0.05) is 0 Å². The highest BCUT2D eigenvalue weighted by atomic mass is 32.2. The van der Waals surface area contributed by atoms with Crippen LogP contribution in [-0.2, 0) is 10.0 Å². The van der Waals surface area contributed by atoms with Gasteiger partial charge in [-0.15, -0.1) is 0 Å². The smallest absolute Gasteiger partial charge is 0.335 e. The summed E-state index contributed by atoms with van der Waals surface area (Å²) in [5, 5.41) is 8.91. The van der Waals surface area contributed by atoms with Gasteiger partial charge in [0.05, 0.1) is 10.5 Å². The summed E-state index contributed by atoms with van der Waals surface area (Å²) in [4.78, 5) is 11.2. The second-order valence-corrected chi connectivity index (χ2v) is 7.56. The number of carboxylic acid groups (broad SMARTS) is 1. The van der Waals surface area contributed by atoms with E-state index < -0.39 is 16.0 Å². The van der Waals surface area contributed by atoms with Gasteiger partial charge in [0, 0.05) is 5.69 Å². The summed E-state index contributed by atoms with van der Waals surface area (Å²) in [5.41, 5.74) is 4.90. The fraction of sp³-hybridized carbons (Fsp3) is 0.278. The summed E-state index contributed by atoms with van der Waals surface area (Å²) in [6.45, 7) is 9.42. The lowest BCUT2D eigenvalue weighted by Crippen LogP contribution is -2.17. The number of benzene rings is 2. The highest BCUT2D eigenvalue weighted by molar-refractivity contribution is 7.92.